The number of aromatic nitrogens is 3. The van der Waals surface area contributed by atoms with Crippen molar-refractivity contribution in [1.29, 1.82) is 0 Å². The number of hydrogen-bond acceptors (Lipinski definition) is 5. The molecule has 6 heteroatoms. The van der Waals surface area contributed by atoms with Crippen molar-refractivity contribution in [3.8, 4) is 17.0 Å². The molecular weight excluding hydrogens is 330 g/mol. The number of phenols is 1. The number of aryl methyl sites for hydroxylation is 1. The molecule has 1 aromatic heterocycles. The van der Waals surface area contributed by atoms with Crippen molar-refractivity contribution in [2.24, 2.45) is 7.05 Å². The van der Waals surface area contributed by atoms with Crippen LogP contribution < -0.4 is 0 Å². The van der Waals surface area contributed by atoms with Gasteiger partial charge in [-0.1, -0.05) is 29.5 Å². The highest BCUT2D eigenvalue weighted by molar-refractivity contribution is 5.93. The summed E-state index contributed by atoms with van der Waals surface area (Å²) in [5.74, 6) is -0.555. The Kier molecular flexibility index (Phi) is 4.75. The number of carbonyl (C=O) groups is 1. The standard InChI is InChI=1S/C20H21N3O3/c1-12-13(2)19(24)17(20(25)26-4)10-16(12)9-14-5-7-15(8-6-14)18-11-23(3)22-21-18/h5-8,10-11,24H,9H2,1-4H3. The van der Waals surface area contributed by atoms with Crippen molar-refractivity contribution in [3.63, 3.8) is 0 Å². The van der Waals surface area contributed by atoms with Gasteiger partial charge in [0.25, 0.3) is 0 Å². The first-order chi connectivity index (χ1) is 12.4. The van der Waals surface area contributed by atoms with Gasteiger partial charge in [0, 0.05) is 12.6 Å². The number of phenolic OH excluding ortho intramolecular Hbond substituents is 1. The summed E-state index contributed by atoms with van der Waals surface area (Å²) >= 11 is 0. The van der Waals surface area contributed by atoms with E-state index in [0.29, 0.717) is 12.0 Å². The fraction of sp³-hybridized carbons (Fsp3) is 0.250. The molecule has 6 nitrogen and oxygen atoms in total. The largest absolute Gasteiger partial charge is 0.507 e. The number of benzene rings is 2. The number of carbonyl (C=O) groups excluding carboxylic acids is 1. The molecule has 0 aliphatic rings. The van der Waals surface area contributed by atoms with Crippen LogP contribution in [0.4, 0.5) is 0 Å². The molecule has 26 heavy (non-hydrogen) atoms. The smallest absolute Gasteiger partial charge is 0.341 e. The summed E-state index contributed by atoms with van der Waals surface area (Å²) in [4.78, 5) is 11.9. The Morgan fingerprint density at radius 2 is 1.88 bits per heavy atom. The van der Waals surface area contributed by atoms with E-state index in [1.54, 1.807) is 17.7 Å². The third-order valence-corrected chi connectivity index (χ3v) is 4.63. The zero-order valence-electron chi connectivity index (χ0n) is 15.3. The molecule has 0 bridgehead atoms. The Labute approximate surface area is 152 Å². The zero-order chi connectivity index (χ0) is 18.8. The van der Waals surface area contributed by atoms with Crippen LogP contribution in [-0.4, -0.2) is 33.2 Å². The SMILES string of the molecule is COC(=O)c1cc(Cc2ccc(-c3cn(C)nn3)cc2)c(C)c(C)c1O. The third kappa shape index (κ3) is 3.31. The van der Waals surface area contributed by atoms with E-state index >= 15 is 0 Å². The molecular formula is C20H21N3O3. The number of ether oxygens (including phenoxy) is 1. The van der Waals surface area contributed by atoms with E-state index in [-0.39, 0.29) is 11.3 Å². The molecule has 0 amide bonds. The number of hydrogen-bond donors (Lipinski definition) is 1. The van der Waals surface area contributed by atoms with E-state index in [9.17, 15) is 9.90 Å². The van der Waals surface area contributed by atoms with E-state index in [1.165, 1.54) is 7.11 Å². The Balaban J connectivity index is 1.91. The summed E-state index contributed by atoms with van der Waals surface area (Å²) in [7, 11) is 3.14. The van der Waals surface area contributed by atoms with Crippen molar-refractivity contribution >= 4 is 5.97 Å². The van der Waals surface area contributed by atoms with Gasteiger partial charge in [0.05, 0.1) is 13.3 Å². The Morgan fingerprint density at radius 3 is 2.46 bits per heavy atom. The minimum Gasteiger partial charge on any atom is -0.507 e. The molecule has 3 aromatic rings. The van der Waals surface area contributed by atoms with Crippen LogP contribution in [0, 0.1) is 13.8 Å². The Morgan fingerprint density at radius 1 is 1.19 bits per heavy atom. The molecule has 0 aliphatic heterocycles. The van der Waals surface area contributed by atoms with Crippen LogP contribution in [0.15, 0.2) is 36.5 Å². The first kappa shape index (κ1) is 17.7. The number of rotatable bonds is 4. The first-order valence-electron chi connectivity index (χ1n) is 8.26. The van der Waals surface area contributed by atoms with Gasteiger partial charge >= 0.3 is 5.97 Å². The average Bonchev–Trinajstić information content (AvgIpc) is 3.08. The second-order valence-corrected chi connectivity index (χ2v) is 6.32. The number of aromatic hydroxyl groups is 1. The van der Waals surface area contributed by atoms with E-state index in [4.69, 9.17) is 4.74 Å². The highest BCUT2D eigenvalue weighted by Crippen LogP contribution is 2.30. The number of nitrogens with zero attached hydrogens (tertiary/aromatic N) is 3. The van der Waals surface area contributed by atoms with Crippen molar-refractivity contribution in [1.82, 2.24) is 15.0 Å². The fourth-order valence-electron chi connectivity index (χ4n) is 2.91. The van der Waals surface area contributed by atoms with Gasteiger partial charge in [-0.25, -0.2) is 4.79 Å². The van der Waals surface area contributed by atoms with Crippen LogP contribution in [0.2, 0.25) is 0 Å². The average molecular weight is 351 g/mol. The van der Waals surface area contributed by atoms with Crippen LogP contribution in [0.3, 0.4) is 0 Å². The van der Waals surface area contributed by atoms with E-state index < -0.39 is 5.97 Å². The fourth-order valence-corrected chi connectivity index (χ4v) is 2.91. The summed E-state index contributed by atoms with van der Waals surface area (Å²) < 4.78 is 6.44. The molecule has 0 saturated heterocycles. The summed E-state index contributed by atoms with van der Waals surface area (Å²) in [6.45, 7) is 3.75. The second-order valence-electron chi connectivity index (χ2n) is 6.32. The molecule has 0 aliphatic carbocycles. The van der Waals surface area contributed by atoms with Crippen LogP contribution in [0.5, 0.6) is 5.75 Å². The van der Waals surface area contributed by atoms with Crippen molar-refractivity contribution in [2.75, 3.05) is 7.11 Å². The molecule has 0 radical (unpaired) electrons. The maximum absolute atomic E-state index is 11.9. The van der Waals surface area contributed by atoms with Crippen LogP contribution >= 0.6 is 0 Å². The third-order valence-electron chi connectivity index (χ3n) is 4.63. The predicted molar refractivity (Wildman–Crippen MR) is 98.2 cm³/mol. The molecule has 134 valence electrons. The molecule has 0 saturated carbocycles. The van der Waals surface area contributed by atoms with E-state index in [1.807, 2.05) is 44.4 Å². The monoisotopic (exact) mass is 351 g/mol. The lowest BCUT2D eigenvalue weighted by atomic mass is 9.93. The molecule has 2 aromatic carbocycles. The predicted octanol–water partition coefficient (Wildman–Crippen LogP) is 3.18. The summed E-state index contributed by atoms with van der Waals surface area (Å²) in [6.07, 6.45) is 2.52. The lowest BCUT2D eigenvalue weighted by Gasteiger charge is -2.14. The lowest BCUT2D eigenvalue weighted by Crippen LogP contribution is -2.06. The van der Waals surface area contributed by atoms with Crippen LogP contribution in [0.25, 0.3) is 11.3 Å². The molecule has 0 fully saturated rings. The summed E-state index contributed by atoms with van der Waals surface area (Å²) in [6, 6.07) is 9.78. The van der Waals surface area contributed by atoms with Crippen molar-refractivity contribution < 1.29 is 14.6 Å². The van der Waals surface area contributed by atoms with Gasteiger partial charge in [0.1, 0.15) is 17.0 Å². The normalized spacial score (nSPS) is 10.8. The molecule has 0 spiro atoms. The molecule has 3 rings (SSSR count). The minimum absolute atomic E-state index is 0.0175. The zero-order valence-corrected chi connectivity index (χ0v) is 15.3. The Bertz CT molecular complexity index is 959. The maximum Gasteiger partial charge on any atom is 0.341 e. The molecule has 0 unspecified atom stereocenters. The van der Waals surface area contributed by atoms with Crippen LogP contribution in [0.1, 0.15) is 32.6 Å². The minimum atomic E-state index is -0.537. The van der Waals surface area contributed by atoms with Gasteiger partial charge in [0.2, 0.25) is 0 Å². The lowest BCUT2D eigenvalue weighted by molar-refractivity contribution is 0.0597. The molecule has 0 atom stereocenters. The van der Waals surface area contributed by atoms with Gasteiger partial charge < -0.3 is 9.84 Å². The maximum atomic E-state index is 11.9. The first-order valence-corrected chi connectivity index (χ1v) is 8.26. The van der Waals surface area contributed by atoms with Gasteiger partial charge in [-0.05, 0) is 48.6 Å². The summed E-state index contributed by atoms with van der Waals surface area (Å²) in [5, 5.41) is 18.3. The van der Waals surface area contributed by atoms with E-state index in [2.05, 4.69) is 10.3 Å². The Hall–Kier alpha value is -3.15. The molecule has 1 N–H and O–H groups in total. The highest BCUT2D eigenvalue weighted by atomic mass is 16.5. The van der Waals surface area contributed by atoms with Crippen LogP contribution in [-0.2, 0) is 18.2 Å². The van der Waals surface area contributed by atoms with Gasteiger partial charge in [-0.3, -0.25) is 4.68 Å². The van der Waals surface area contributed by atoms with Crippen molar-refractivity contribution in [3.05, 3.63) is 64.3 Å². The quantitative estimate of drug-likeness (QED) is 0.731. The van der Waals surface area contributed by atoms with Crippen molar-refractivity contribution in [2.45, 2.75) is 20.3 Å². The topological polar surface area (TPSA) is 77.2 Å². The second kappa shape index (κ2) is 7.00. The van der Waals surface area contributed by atoms with E-state index in [0.717, 1.165) is 27.9 Å². The number of methoxy groups -OCH3 is 1. The highest BCUT2D eigenvalue weighted by Gasteiger charge is 2.18. The van der Waals surface area contributed by atoms with Gasteiger partial charge in [0.15, 0.2) is 0 Å². The molecule has 1 heterocycles. The van der Waals surface area contributed by atoms with Gasteiger partial charge in [-0.15, -0.1) is 5.10 Å². The number of esters is 1. The van der Waals surface area contributed by atoms with Gasteiger partial charge in [-0.2, -0.15) is 0 Å². The summed E-state index contributed by atoms with van der Waals surface area (Å²) in [5.41, 5.74) is 5.75.